The molecule has 0 saturated carbocycles. The van der Waals surface area contributed by atoms with Gasteiger partial charge in [0.05, 0.1) is 0 Å². The normalized spacial score (nSPS) is 10.9. The maximum Gasteiger partial charge on any atom is 2.00 e. The number of hydrogen-bond donors (Lipinski definition) is 0. The zero-order chi connectivity index (χ0) is 24.4. The van der Waals surface area contributed by atoms with E-state index < -0.39 is 15.8 Å². The molecule has 2 aliphatic rings. The fourth-order valence-electron chi connectivity index (χ4n) is 3.77. The monoisotopic (exact) mass is 811 g/mol. The summed E-state index contributed by atoms with van der Waals surface area (Å²) in [4.78, 5) is 0. The van der Waals surface area contributed by atoms with Gasteiger partial charge in [-0.2, -0.15) is 0 Å². The molecule has 6 heteroatoms. The van der Waals surface area contributed by atoms with Gasteiger partial charge in [0.25, 0.3) is 0 Å². The molecule has 0 heterocycles. The number of halogens is 2. The van der Waals surface area contributed by atoms with Crippen LogP contribution in [0.2, 0.25) is 0 Å². The zero-order valence-corrected chi connectivity index (χ0v) is 27.5. The fraction of sp³-hybridized carbons (Fsp3) is 0. The number of benzene rings is 4. The van der Waals surface area contributed by atoms with Gasteiger partial charge in [0.15, 0.2) is 0 Å². The topological polar surface area (TPSA) is 0 Å². The molecular weight excluding hydrogens is 792 g/mol. The Bertz CT molecular complexity index is 1430. The molecule has 0 nitrogen and oxygen atoms in total. The standard InChI is InChI=1S/2C17H10P.2ClH.Fe.Pt/c2*1-3-9-15(10-4-1)18(17-13-7-8-14-17)16-11-5-2-6-12-16;;;;/h2*1-6,9-12H;2*1H;;/q2*-1;;;2*+2/p-2. The summed E-state index contributed by atoms with van der Waals surface area (Å²) in [6.45, 7) is 0. The molecule has 0 bridgehead atoms. The minimum atomic E-state index is -0.583. The van der Waals surface area contributed by atoms with Crippen molar-refractivity contribution < 1.29 is 62.9 Å². The fourth-order valence-corrected chi connectivity index (χ4v) is 7.95. The summed E-state index contributed by atoms with van der Waals surface area (Å²) >= 11 is 0. The summed E-state index contributed by atoms with van der Waals surface area (Å²) < 4.78 is 0. The van der Waals surface area contributed by atoms with Gasteiger partial charge in [-0.15, -0.1) is 12.2 Å². The van der Waals surface area contributed by atoms with Crippen LogP contribution in [0.3, 0.4) is 0 Å². The van der Waals surface area contributed by atoms with Crippen LogP contribution in [0.5, 0.6) is 0 Å². The van der Waals surface area contributed by atoms with Crippen molar-refractivity contribution in [3.8, 4) is 0 Å². The SMILES string of the molecule is C1=C=[C-]C(P(c2ccccc2)c2ccccc2)=C=1.C1=C=[C-]C(P(c2ccccc2)c2ccccc2)=C=1.[Cl-].[Cl-].[Fe+2].[Pt+2]. The Balaban J connectivity index is 0.000000364. The van der Waals surface area contributed by atoms with Crippen molar-refractivity contribution in [2.75, 3.05) is 0 Å². The molecule has 2 aliphatic carbocycles. The average molecular weight is 812 g/mol. The number of rotatable bonds is 6. The quantitative estimate of drug-likeness (QED) is 0.116. The molecule has 40 heavy (non-hydrogen) atoms. The van der Waals surface area contributed by atoms with Crippen molar-refractivity contribution in [2.45, 2.75) is 0 Å². The molecule has 0 spiro atoms. The van der Waals surface area contributed by atoms with Crippen LogP contribution in [0.1, 0.15) is 0 Å². The van der Waals surface area contributed by atoms with E-state index in [0.717, 1.165) is 10.6 Å². The van der Waals surface area contributed by atoms with Crippen LogP contribution in [0.15, 0.2) is 166 Å². The van der Waals surface area contributed by atoms with Gasteiger partial charge in [-0.05, 0) is 37.1 Å². The predicted molar refractivity (Wildman–Crippen MR) is 153 cm³/mol. The molecule has 0 aliphatic heterocycles. The second-order valence-corrected chi connectivity index (χ2v) is 12.0. The van der Waals surface area contributed by atoms with E-state index in [4.69, 9.17) is 0 Å². The third-order valence-electron chi connectivity index (χ3n) is 5.35. The Kier molecular flexibility index (Phi) is 16.9. The zero-order valence-electron chi connectivity index (χ0n) is 20.9. The third kappa shape index (κ3) is 9.37. The van der Waals surface area contributed by atoms with Crippen LogP contribution in [-0.2, 0) is 38.1 Å². The molecule has 0 saturated heterocycles. The Morgan fingerprint density at radius 2 is 0.675 bits per heavy atom. The maximum absolute atomic E-state index is 3.13. The molecule has 6 rings (SSSR count). The predicted octanol–water partition coefficient (Wildman–Crippen LogP) is 0.574. The van der Waals surface area contributed by atoms with E-state index in [0.29, 0.717) is 0 Å². The third-order valence-corrected chi connectivity index (χ3v) is 9.95. The van der Waals surface area contributed by atoms with Gasteiger partial charge in [0, 0.05) is 0 Å². The first-order chi connectivity index (χ1) is 17.9. The van der Waals surface area contributed by atoms with E-state index >= 15 is 0 Å². The summed E-state index contributed by atoms with van der Waals surface area (Å²) in [5.41, 5.74) is 17.7. The van der Waals surface area contributed by atoms with E-state index in [-0.39, 0.29) is 62.9 Å². The van der Waals surface area contributed by atoms with Crippen molar-refractivity contribution in [3.05, 3.63) is 178 Å². The average Bonchev–Trinajstić information content (AvgIpc) is 3.68. The van der Waals surface area contributed by atoms with Gasteiger partial charge in [0.1, 0.15) is 0 Å². The van der Waals surface area contributed by atoms with Gasteiger partial charge in [0.2, 0.25) is 0 Å². The first-order valence-corrected chi connectivity index (χ1v) is 14.2. The molecule has 4 aromatic rings. The first-order valence-electron chi connectivity index (χ1n) is 11.5. The molecule has 0 amide bonds. The van der Waals surface area contributed by atoms with Crippen molar-refractivity contribution in [1.82, 2.24) is 0 Å². The smallest absolute Gasteiger partial charge is 1.00 e. The second-order valence-electron chi connectivity index (χ2n) is 7.71. The van der Waals surface area contributed by atoms with Gasteiger partial charge in [-0.25, -0.2) is 11.5 Å². The van der Waals surface area contributed by atoms with Gasteiger partial charge < -0.3 is 24.8 Å². The van der Waals surface area contributed by atoms with Crippen molar-refractivity contribution >= 4 is 37.1 Å². The van der Waals surface area contributed by atoms with E-state index in [1.165, 1.54) is 21.2 Å². The number of hydrogen-bond acceptors (Lipinski definition) is 0. The maximum atomic E-state index is 3.13. The number of allylic oxidation sites excluding steroid dienone is 4. The minimum Gasteiger partial charge on any atom is -1.00 e. The molecule has 0 atom stereocenters. The Labute approximate surface area is 276 Å². The summed E-state index contributed by atoms with van der Waals surface area (Å²) in [6, 6.07) is 42.0. The van der Waals surface area contributed by atoms with Crippen LogP contribution in [0, 0.1) is 12.2 Å². The second kappa shape index (κ2) is 18.9. The summed E-state index contributed by atoms with van der Waals surface area (Å²) in [6.07, 6.45) is 6.25. The van der Waals surface area contributed by atoms with Crippen LogP contribution < -0.4 is 46.0 Å². The largest absolute Gasteiger partial charge is 2.00 e. The summed E-state index contributed by atoms with van der Waals surface area (Å²) in [7, 11) is -1.17. The summed E-state index contributed by atoms with van der Waals surface area (Å²) in [5, 5.41) is 7.33. The van der Waals surface area contributed by atoms with E-state index in [9.17, 15) is 0 Å². The molecule has 0 aromatic heterocycles. The van der Waals surface area contributed by atoms with Gasteiger partial charge in [-0.1, -0.05) is 132 Å². The Hall–Kier alpha value is -2.31. The molecule has 198 valence electrons. The van der Waals surface area contributed by atoms with Gasteiger partial charge >= 0.3 is 38.1 Å². The van der Waals surface area contributed by atoms with Crippen molar-refractivity contribution in [3.63, 3.8) is 0 Å². The Morgan fingerprint density at radius 3 is 0.875 bits per heavy atom. The van der Waals surface area contributed by atoms with Crippen molar-refractivity contribution in [1.29, 1.82) is 0 Å². The molecule has 0 unspecified atom stereocenters. The molecule has 0 radical (unpaired) electrons. The summed E-state index contributed by atoms with van der Waals surface area (Å²) in [5.74, 6) is 0. The van der Waals surface area contributed by atoms with E-state index in [2.05, 4.69) is 144 Å². The Morgan fingerprint density at radius 1 is 0.425 bits per heavy atom. The molecule has 0 fully saturated rings. The van der Waals surface area contributed by atoms with Gasteiger partial charge in [-0.3, -0.25) is 22.9 Å². The molecule has 4 aromatic carbocycles. The molecular formula is C34H20Cl2FeP2Pt. The first kappa shape index (κ1) is 35.7. The minimum absolute atomic E-state index is 0. The van der Waals surface area contributed by atoms with Crippen LogP contribution in [-0.4, -0.2) is 0 Å². The van der Waals surface area contributed by atoms with E-state index in [1.807, 2.05) is 24.3 Å². The van der Waals surface area contributed by atoms with E-state index in [1.54, 1.807) is 0 Å². The van der Waals surface area contributed by atoms with Crippen LogP contribution >= 0.6 is 15.8 Å². The van der Waals surface area contributed by atoms with Crippen LogP contribution in [0.25, 0.3) is 0 Å². The molecule has 0 N–H and O–H groups in total. The van der Waals surface area contributed by atoms with Crippen molar-refractivity contribution in [2.24, 2.45) is 0 Å². The van der Waals surface area contributed by atoms with Crippen LogP contribution in [0.4, 0.5) is 0 Å².